The maximum absolute atomic E-state index is 14.5. The maximum Gasteiger partial charge on any atom is 0.408 e. The highest BCUT2D eigenvalue weighted by Crippen LogP contribution is 2.56. The number of nitrogens with zero attached hydrogens (tertiary/aromatic N) is 1. The summed E-state index contributed by atoms with van der Waals surface area (Å²) in [7, 11) is 8.70. The van der Waals surface area contributed by atoms with Gasteiger partial charge in [0.05, 0.1) is 42.0 Å². The van der Waals surface area contributed by atoms with Gasteiger partial charge in [-0.3, -0.25) is 14.4 Å². The van der Waals surface area contributed by atoms with Gasteiger partial charge in [0, 0.05) is 64.4 Å². The summed E-state index contributed by atoms with van der Waals surface area (Å²) < 4.78 is 63.1. The molecule has 57 heavy (non-hydrogen) atoms. The molecule has 5 aliphatic rings. The van der Waals surface area contributed by atoms with Crippen LogP contribution >= 0.6 is 0 Å². The van der Waals surface area contributed by atoms with Crippen molar-refractivity contribution in [1.29, 1.82) is 0 Å². The van der Waals surface area contributed by atoms with Gasteiger partial charge >= 0.3 is 18.0 Å². The molecule has 5 rings (SSSR count). The summed E-state index contributed by atoms with van der Waals surface area (Å²) in [5.41, 5.74) is -3.38. The Morgan fingerprint density at radius 2 is 1.47 bits per heavy atom. The molecular weight excluding hydrogens is 744 g/mol. The average Bonchev–Trinajstić information content (AvgIpc) is 3.50. The molecule has 1 saturated carbocycles. The molecule has 19 atom stereocenters. The van der Waals surface area contributed by atoms with Crippen LogP contribution in [0.15, 0.2) is 0 Å². The van der Waals surface area contributed by atoms with Gasteiger partial charge in [-0.05, 0) is 61.6 Å². The first-order valence-electron chi connectivity index (χ1n) is 20.4. The Hall–Kier alpha value is -2.44. The van der Waals surface area contributed by atoms with Crippen molar-refractivity contribution in [2.45, 2.75) is 173 Å². The van der Waals surface area contributed by atoms with E-state index >= 15 is 0 Å². The van der Waals surface area contributed by atoms with Crippen LogP contribution in [0.3, 0.4) is 0 Å². The largest absolute Gasteiger partial charge is 0.457 e. The zero-order valence-corrected chi connectivity index (χ0v) is 36.5. The lowest BCUT2D eigenvalue weighted by Crippen LogP contribution is -2.61. The van der Waals surface area contributed by atoms with Gasteiger partial charge in [0.25, 0.3) is 0 Å². The normalized spacial score (nSPS) is 48.2. The van der Waals surface area contributed by atoms with Crippen LogP contribution in [0.4, 0.5) is 4.79 Å². The van der Waals surface area contributed by atoms with Crippen LogP contribution in [0.25, 0.3) is 0 Å². The first-order chi connectivity index (χ1) is 26.6. The van der Waals surface area contributed by atoms with Gasteiger partial charge in [-0.2, -0.15) is 0 Å². The maximum atomic E-state index is 14.5. The van der Waals surface area contributed by atoms with Crippen molar-refractivity contribution in [2.75, 3.05) is 35.4 Å². The minimum Gasteiger partial charge on any atom is -0.457 e. The van der Waals surface area contributed by atoms with E-state index in [4.69, 9.17) is 47.4 Å². The van der Waals surface area contributed by atoms with E-state index in [0.29, 0.717) is 6.42 Å². The summed E-state index contributed by atoms with van der Waals surface area (Å²) in [6.07, 6.45) is -6.09. The fourth-order valence-corrected chi connectivity index (χ4v) is 10.2. The number of carbonyl (C=O) groups excluding carboxylic acids is 4. The fourth-order valence-electron chi connectivity index (χ4n) is 10.2. The lowest BCUT2D eigenvalue weighted by Gasteiger charge is -2.50. The zero-order valence-electron chi connectivity index (χ0n) is 36.5. The minimum absolute atomic E-state index is 0.0488. The molecule has 5 fully saturated rings. The SMILES string of the molecule is CO[C@H]1[C@H](O[C@@H]2[C@@H](C)[C@H](O[C@H]3C[C@@](C)(OC)[C@@H](OC(C)=O)[C@H](C)O3)[C@@H](C)C(=O)O[C@@H]3C(C)[C@@]34OC(=O)N[C@@H]4[C@@H](C)C(=O)[C@H](C)C[C@]2(C)OC)O[C@H](C)C[C@@H]1N(C)C. The number of ketones is 1. The molecule has 0 bridgehead atoms. The fraction of sp³-hybridized carbons (Fsp3) is 0.902. The van der Waals surface area contributed by atoms with Crippen molar-refractivity contribution in [3.05, 3.63) is 0 Å². The van der Waals surface area contributed by atoms with E-state index in [1.165, 1.54) is 14.0 Å². The van der Waals surface area contributed by atoms with Crippen LogP contribution in [-0.4, -0.2) is 148 Å². The average molecular weight is 813 g/mol. The molecule has 1 N–H and O–H groups in total. The van der Waals surface area contributed by atoms with E-state index in [-0.39, 0.29) is 36.7 Å². The van der Waals surface area contributed by atoms with Crippen LogP contribution in [0.1, 0.15) is 88.5 Å². The Kier molecular flexibility index (Phi) is 13.8. The topological polar surface area (TPSA) is 176 Å². The number of ether oxygens (including phenoxy) is 10. The number of alkyl carbamates (subject to hydrolysis) is 1. The number of hydrogen-bond acceptors (Lipinski definition) is 15. The van der Waals surface area contributed by atoms with Gasteiger partial charge in [0.2, 0.25) is 0 Å². The second-order valence-corrected chi connectivity index (χ2v) is 17.9. The highest BCUT2D eigenvalue weighted by molar-refractivity contribution is 5.86. The number of likely N-dealkylation sites (N-methyl/N-ethyl adjacent to an activating group) is 1. The Morgan fingerprint density at radius 3 is 2.05 bits per heavy atom. The van der Waals surface area contributed by atoms with Crippen LogP contribution in [0.2, 0.25) is 0 Å². The van der Waals surface area contributed by atoms with Crippen LogP contribution in [-0.2, 0) is 61.8 Å². The molecule has 1 amide bonds. The van der Waals surface area contributed by atoms with Crippen molar-refractivity contribution < 1.29 is 66.5 Å². The van der Waals surface area contributed by atoms with E-state index in [1.54, 1.807) is 35.0 Å². The molecule has 16 heteroatoms. The lowest BCUT2D eigenvalue weighted by atomic mass is 9.75. The van der Waals surface area contributed by atoms with Crippen molar-refractivity contribution in [2.24, 2.45) is 29.6 Å². The number of carbonyl (C=O) groups is 4. The van der Waals surface area contributed by atoms with Crippen molar-refractivity contribution in [1.82, 2.24) is 10.2 Å². The summed E-state index contributed by atoms with van der Waals surface area (Å²) in [5.74, 6) is -4.40. The summed E-state index contributed by atoms with van der Waals surface area (Å²) in [5, 5.41) is 2.86. The summed E-state index contributed by atoms with van der Waals surface area (Å²) in [4.78, 5) is 55.9. The Bertz CT molecular complexity index is 1480. The van der Waals surface area contributed by atoms with Gasteiger partial charge in [-0.15, -0.1) is 0 Å². The quantitative estimate of drug-likeness (QED) is 0.264. The number of nitrogens with one attached hydrogen (secondary N) is 1. The van der Waals surface area contributed by atoms with Gasteiger partial charge in [-0.1, -0.05) is 27.7 Å². The van der Waals surface area contributed by atoms with Crippen LogP contribution in [0, 0.1) is 29.6 Å². The molecule has 0 aromatic heterocycles. The van der Waals surface area contributed by atoms with Crippen LogP contribution < -0.4 is 5.32 Å². The molecule has 0 aromatic rings. The second-order valence-electron chi connectivity index (χ2n) is 17.9. The number of amides is 1. The Labute approximate surface area is 337 Å². The number of esters is 2. The molecule has 1 spiro atoms. The number of methoxy groups -OCH3 is 3. The van der Waals surface area contributed by atoms with Crippen molar-refractivity contribution in [3.8, 4) is 0 Å². The number of Topliss-reactive ketones (excluding diaryl/α,β-unsaturated/α-hetero) is 1. The second kappa shape index (κ2) is 17.3. The van der Waals surface area contributed by atoms with E-state index in [2.05, 4.69) is 10.2 Å². The van der Waals surface area contributed by atoms with Gasteiger partial charge in [-0.25, -0.2) is 4.79 Å². The predicted molar refractivity (Wildman–Crippen MR) is 204 cm³/mol. The number of hydrogen-bond donors (Lipinski definition) is 1. The predicted octanol–water partition coefficient (Wildman–Crippen LogP) is 3.64. The monoisotopic (exact) mass is 812 g/mol. The molecule has 0 aromatic carbocycles. The van der Waals surface area contributed by atoms with Gasteiger partial charge in [0.15, 0.2) is 30.4 Å². The summed E-state index contributed by atoms with van der Waals surface area (Å²) in [6.45, 7) is 17.9. The minimum atomic E-state index is -1.20. The van der Waals surface area contributed by atoms with Gasteiger partial charge in [0.1, 0.15) is 17.5 Å². The van der Waals surface area contributed by atoms with E-state index in [9.17, 15) is 19.2 Å². The molecule has 4 saturated heterocycles. The van der Waals surface area contributed by atoms with Gasteiger partial charge < -0.3 is 57.6 Å². The third kappa shape index (κ3) is 8.61. The summed E-state index contributed by atoms with van der Waals surface area (Å²) in [6, 6.07) is -0.776. The van der Waals surface area contributed by atoms with E-state index in [0.717, 1.165) is 0 Å². The molecule has 1 aliphatic carbocycles. The molecule has 0 radical (unpaired) electrons. The van der Waals surface area contributed by atoms with E-state index < -0.39 is 114 Å². The Morgan fingerprint density at radius 1 is 0.842 bits per heavy atom. The molecule has 1 unspecified atom stereocenters. The first kappa shape index (κ1) is 45.6. The molecule has 326 valence electrons. The highest BCUT2D eigenvalue weighted by Gasteiger charge is 2.77. The third-order valence-electron chi connectivity index (χ3n) is 13.7. The molecule has 4 aliphatic heterocycles. The van der Waals surface area contributed by atoms with E-state index in [1.807, 2.05) is 55.6 Å². The first-order valence-corrected chi connectivity index (χ1v) is 20.4. The van der Waals surface area contributed by atoms with Crippen LogP contribution in [0.5, 0.6) is 0 Å². The summed E-state index contributed by atoms with van der Waals surface area (Å²) >= 11 is 0. The highest BCUT2D eigenvalue weighted by atomic mass is 16.7. The standard InChI is InChI=1S/C41H68N2O14/c1-19-17-39(9,49-14)33(56-37-31(48-13)27(43(11)12)16-20(2)51-37)22(4)30(54-28-18-40(10,50-15)35(25(7)52-28)53-26(8)44)23(5)36(46)55-34-24(6)41(34)32(21(3)29(19)45)42-38(47)57-41/h19-25,27-28,30-35,37H,16-18H2,1-15H3,(H,42,47)/t19-,20-,21+,22+,23-,24?,25+,27+,28+,30+,31-,32-,33-,34-,35+,37+,39+,40-,41+/m1/s1. The molecule has 16 nitrogen and oxygen atoms in total. The van der Waals surface area contributed by atoms with Crippen molar-refractivity contribution >= 4 is 23.8 Å². The van der Waals surface area contributed by atoms with Crippen molar-refractivity contribution in [3.63, 3.8) is 0 Å². The third-order valence-corrected chi connectivity index (χ3v) is 13.7. The Balaban J connectivity index is 1.61. The number of rotatable bonds is 9. The zero-order chi connectivity index (χ0) is 42.5. The smallest absolute Gasteiger partial charge is 0.408 e. The molecule has 4 heterocycles. The molecular formula is C41H68N2O14. The lowest BCUT2D eigenvalue weighted by molar-refractivity contribution is -0.321.